The molecule has 2 atom stereocenters. The number of anilines is 1. The van der Waals surface area contributed by atoms with Gasteiger partial charge in [0.2, 0.25) is 5.89 Å². The molecule has 0 bridgehead atoms. The summed E-state index contributed by atoms with van der Waals surface area (Å²) in [5.74, 6) is 0.780. The molecule has 0 aliphatic heterocycles. The van der Waals surface area contributed by atoms with Gasteiger partial charge in [-0.05, 0) is 61.9 Å². The van der Waals surface area contributed by atoms with Gasteiger partial charge in [-0.2, -0.15) is 5.26 Å². The van der Waals surface area contributed by atoms with Gasteiger partial charge in [-0.15, -0.1) is 11.3 Å². The quantitative estimate of drug-likeness (QED) is 0.314. The topological polar surface area (TPSA) is 78.9 Å². The van der Waals surface area contributed by atoms with Crippen LogP contribution in [0.2, 0.25) is 0 Å². The van der Waals surface area contributed by atoms with Gasteiger partial charge < -0.3 is 9.73 Å². The van der Waals surface area contributed by atoms with Crippen LogP contribution in [0.1, 0.15) is 82.6 Å². The largest absolute Gasteiger partial charge is 0.408 e. The molecule has 0 radical (unpaired) electrons. The van der Waals surface area contributed by atoms with Crippen LogP contribution in [0, 0.1) is 11.3 Å². The summed E-state index contributed by atoms with van der Waals surface area (Å²) in [5.41, 5.74) is 1.43. The first-order valence-electron chi connectivity index (χ1n) is 11.3. The fourth-order valence-electron chi connectivity index (χ4n) is 3.87. The van der Waals surface area contributed by atoms with Crippen molar-refractivity contribution in [3.05, 3.63) is 57.6 Å². The Bertz CT molecular complexity index is 1050. The van der Waals surface area contributed by atoms with E-state index in [9.17, 15) is 4.79 Å². The van der Waals surface area contributed by atoms with Crippen molar-refractivity contribution in [3.8, 4) is 6.07 Å². The second-order valence-electron chi connectivity index (χ2n) is 8.19. The van der Waals surface area contributed by atoms with Crippen molar-refractivity contribution in [1.82, 2.24) is 4.98 Å². The monoisotopic (exact) mass is 437 g/mol. The molecule has 164 valence electrons. The summed E-state index contributed by atoms with van der Waals surface area (Å²) in [6.07, 6.45) is 8.77. The molecule has 5 nitrogen and oxygen atoms in total. The van der Waals surface area contributed by atoms with Gasteiger partial charge in [0.05, 0.1) is 17.0 Å². The van der Waals surface area contributed by atoms with Crippen LogP contribution >= 0.6 is 11.3 Å². The normalized spacial score (nSPS) is 13.1. The van der Waals surface area contributed by atoms with Gasteiger partial charge in [0.1, 0.15) is 4.83 Å². The summed E-state index contributed by atoms with van der Waals surface area (Å²) in [7, 11) is 0. The van der Waals surface area contributed by atoms with Gasteiger partial charge in [-0.1, -0.05) is 39.0 Å². The number of thiophene rings is 1. The van der Waals surface area contributed by atoms with E-state index in [0.29, 0.717) is 22.9 Å². The van der Waals surface area contributed by atoms with E-state index < -0.39 is 0 Å². The highest BCUT2D eigenvalue weighted by atomic mass is 32.1. The van der Waals surface area contributed by atoms with Crippen molar-refractivity contribution in [2.45, 2.75) is 77.2 Å². The molecule has 3 rings (SSSR count). The molecule has 3 aromatic rings. The first kappa shape index (κ1) is 23.0. The highest BCUT2D eigenvalue weighted by molar-refractivity contribution is 7.16. The number of fused-ring (bicyclic) bond motifs is 1. The third kappa shape index (κ3) is 6.67. The van der Waals surface area contributed by atoms with Crippen LogP contribution in [-0.4, -0.2) is 11.0 Å². The van der Waals surface area contributed by atoms with Crippen molar-refractivity contribution in [2.75, 3.05) is 5.32 Å². The molecule has 0 aliphatic rings. The fraction of sp³-hybridized carbons (Fsp3) is 0.480. The van der Waals surface area contributed by atoms with Gasteiger partial charge in [-0.3, -0.25) is 0 Å². The highest BCUT2D eigenvalue weighted by Crippen LogP contribution is 2.29. The Morgan fingerprint density at radius 2 is 1.87 bits per heavy atom. The van der Waals surface area contributed by atoms with Crippen molar-refractivity contribution < 1.29 is 4.42 Å². The lowest BCUT2D eigenvalue weighted by Crippen LogP contribution is -2.15. The number of unbranched alkanes of at least 4 members (excludes halogenated alkanes) is 3. The van der Waals surface area contributed by atoms with Crippen LogP contribution in [0.3, 0.4) is 0 Å². The molecular formula is C25H31N3O2S. The lowest BCUT2D eigenvalue weighted by atomic mass is 9.94. The number of nitrogens with one attached hydrogen (secondary N) is 1. The Labute approximate surface area is 188 Å². The number of hydrogen-bond acceptors (Lipinski definition) is 6. The summed E-state index contributed by atoms with van der Waals surface area (Å²) in [5, 5.41) is 14.9. The summed E-state index contributed by atoms with van der Waals surface area (Å²) in [4.78, 5) is 17.8. The van der Waals surface area contributed by atoms with E-state index in [1.807, 2.05) is 29.6 Å². The van der Waals surface area contributed by atoms with E-state index in [-0.39, 0.29) is 11.5 Å². The second kappa shape index (κ2) is 11.7. The van der Waals surface area contributed by atoms with Gasteiger partial charge in [0, 0.05) is 17.6 Å². The Hall–Kier alpha value is -2.65. The first-order chi connectivity index (χ1) is 15.1. The van der Waals surface area contributed by atoms with Gasteiger partial charge in [-0.25, -0.2) is 9.78 Å². The third-order valence-corrected chi connectivity index (χ3v) is 6.45. The molecule has 0 saturated carbocycles. The molecule has 0 fully saturated rings. The van der Waals surface area contributed by atoms with Crippen molar-refractivity contribution in [1.29, 1.82) is 5.26 Å². The minimum atomic E-state index is -0.268. The lowest BCUT2D eigenvalue weighted by molar-refractivity contribution is 0.366. The van der Waals surface area contributed by atoms with E-state index in [4.69, 9.17) is 9.68 Å². The summed E-state index contributed by atoms with van der Waals surface area (Å²) < 4.78 is 5.64. The summed E-state index contributed by atoms with van der Waals surface area (Å²) in [6, 6.07) is 11.8. The maximum Gasteiger partial charge on any atom is 0.347 e. The Kier molecular flexibility index (Phi) is 8.66. The van der Waals surface area contributed by atoms with Crippen molar-refractivity contribution in [3.63, 3.8) is 0 Å². The fourth-order valence-corrected chi connectivity index (χ4v) is 4.62. The number of nitrogens with zero attached hydrogens (tertiary/aromatic N) is 2. The SMILES string of the molecule is CCCCCCC(CCCC(C)Nc1ccc(C#N)cc1)c1nc2sccc2c(=O)o1. The maximum absolute atomic E-state index is 12.3. The predicted octanol–water partition coefficient (Wildman–Crippen LogP) is 6.85. The minimum absolute atomic E-state index is 0.179. The van der Waals surface area contributed by atoms with Crippen LogP contribution in [0.4, 0.5) is 5.69 Å². The van der Waals surface area contributed by atoms with E-state index in [0.717, 1.165) is 42.6 Å². The molecule has 0 amide bonds. The highest BCUT2D eigenvalue weighted by Gasteiger charge is 2.19. The zero-order chi connectivity index (χ0) is 22.1. The maximum atomic E-state index is 12.3. The number of aromatic nitrogens is 1. The average Bonchev–Trinajstić information content (AvgIpc) is 3.25. The van der Waals surface area contributed by atoms with Crippen LogP contribution in [0.25, 0.3) is 10.2 Å². The molecule has 0 saturated heterocycles. The number of rotatable bonds is 12. The zero-order valence-corrected chi connectivity index (χ0v) is 19.2. The Morgan fingerprint density at radius 1 is 1.10 bits per heavy atom. The molecule has 6 heteroatoms. The molecule has 0 spiro atoms. The standard InChI is InChI=1S/C25H31N3O2S/c1-3-4-5-6-9-20(23-28-24-22(15-16-31-24)25(29)30-23)10-7-8-18(2)27-21-13-11-19(17-26)12-14-21/h11-16,18,20,27H,3-10H2,1-2H3. The predicted molar refractivity (Wildman–Crippen MR) is 128 cm³/mol. The summed E-state index contributed by atoms with van der Waals surface area (Å²) in [6.45, 7) is 4.38. The third-order valence-electron chi connectivity index (χ3n) is 5.65. The molecule has 31 heavy (non-hydrogen) atoms. The van der Waals surface area contributed by atoms with Crippen LogP contribution in [-0.2, 0) is 0 Å². The van der Waals surface area contributed by atoms with Gasteiger partial charge in [0.15, 0.2) is 0 Å². The summed E-state index contributed by atoms with van der Waals surface area (Å²) >= 11 is 1.50. The average molecular weight is 438 g/mol. The van der Waals surface area contributed by atoms with E-state index in [1.54, 1.807) is 6.07 Å². The molecule has 0 aliphatic carbocycles. The van der Waals surface area contributed by atoms with Crippen LogP contribution < -0.4 is 10.9 Å². The number of hydrogen-bond donors (Lipinski definition) is 1. The molecule has 2 aromatic heterocycles. The van der Waals surface area contributed by atoms with Crippen molar-refractivity contribution in [2.24, 2.45) is 0 Å². The van der Waals surface area contributed by atoms with Gasteiger partial charge in [0.25, 0.3) is 0 Å². The molecular weight excluding hydrogens is 406 g/mol. The van der Waals surface area contributed by atoms with E-state index in [1.165, 1.54) is 30.6 Å². The second-order valence-corrected chi connectivity index (χ2v) is 9.09. The van der Waals surface area contributed by atoms with Gasteiger partial charge >= 0.3 is 5.63 Å². The first-order valence-corrected chi connectivity index (χ1v) is 12.1. The molecule has 2 unspecified atom stereocenters. The lowest BCUT2D eigenvalue weighted by Gasteiger charge is -2.18. The van der Waals surface area contributed by atoms with E-state index in [2.05, 4.69) is 30.2 Å². The van der Waals surface area contributed by atoms with Crippen LogP contribution in [0.5, 0.6) is 0 Å². The molecule has 2 heterocycles. The number of nitriles is 1. The smallest absolute Gasteiger partial charge is 0.347 e. The van der Waals surface area contributed by atoms with Crippen LogP contribution in [0.15, 0.2) is 44.9 Å². The Morgan fingerprint density at radius 3 is 2.61 bits per heavy atom. The van der Waals surface area contributed by atoms with Crippen molar-refractivity contribution >= 4 is 27.2 Å². The zero-order valence-electron chi connectivity index (χ0n) is 18.4. The number of benzene rings is 1. The molecule has 1 aromatic carbocycles. The van der Waals surface area contributed by atoms with E-state index >= 15 is 0 Å². The Balaban J connectivity index is 1.59. The molecule has 1 N–H and O–H groups in total. The minimum Gasteiger partial charge on any atom is -0.408 e.